The van der Waals surface area contributed by atoms with Gasteiger partial charge < -0.3 is 0 Å². The molecule has 0 bridgehead atoms. The lowest BCUT2D eigenvalue weighted by molar-refractivity contribution is 0.613. The van der Waals surface area contributed by atoms with Crippen LogP contribution in [0.1, 0.15) is 13.3 Å². The Kier molecular flexibility index (Phi) is 1.45. The molecule has 0 unspecified atom stereocenters. The molecule has 0 amide bonds. The van der Waals surface area contributed by atoms with Crippen LogP contribution in [0.5, 0.6) is 0 Å². The van der Waals surface area contributed by atoms with E-state index in [0.29, 0.717) is 0 Å². The van der Waals surface area contributed by atoms with Crippen molar-refractivity contribution in [2.45, 2.75) is 13.3 Å². The summed E-state index contributed by atoms with van der Waals surface area (Å²) in [5.41, 5.74) is 0.884. The zero-order valence-electron chi connectivity index (χ0n) is 5.16. The van der Waals surface area contributed by atoms with Crippen LogP contribution in [0.25, 0.3) is 0 Å². The van der Waals surface area contributed by atoms with Gasteiger partial charge in [0.2, 0.25) is 0 Å². The van der Waals surface area contributed by atoms with E-state index in [1.54, 1.807) is 6.08 Å². The minimum absolute atomic E-state index is 0.787. The summed E-state index contributed by atoms with van der Waals surface area (Å²) in [6.07, 6.45) is 2.42. The van der Waals surface area contributed by atoms with Crippen molar-refractivity contribution < 1.29 is 8.42 Å². The highest BCUT2D eigenvalue weighted by Crippen LogP contribution is 2.14. The Morgan fingerprint density at radius 2 is 2.22 bits per heavy atom. The van der Waals surface area contributed by atoms with Crippen molar-refractivity contribution in [2.75, 3.05) is 0 Å². The Balaban J connectivity index is 3.01. The summed E-state index contributed by atoms with van der Waals surface area (Å²) < 4.78 is 21.3. The Labute approximate surface area is 54.8 Å². The molecule has 0 saturated carbocycles. The molecular weight excluding hydrogens is 136 g/mol. The summed E-state index contributed by atoms with van der Waals surface area (Å²) in [6.45, 7) is 1.93. The fraction of sp³-hybridized carbons (Fsp3) is 0.333. The molecule has 0 aromatic heterocycles. The number of sulfone groups is 1. The third-order valence-corrected chi connectivity index (χ3v) is 2.34. The highest BCUT2D eigenvalue weighted by molar-refractivity contribution is 7.97. The van der Waals surface area contributed by atoms with Gasteiger partial charge in [0, 0.05) is 10.8 Å². The maximum absolute atomic E-state index is 10.6. The van der Waals surface area contributed by atoms with Crippen LogP contribution in [0.4, 0.5) is 0 Å². The molecule has 0 aromatic rings. The van der Waals surface area contributed by atoms with Gasteiger partial charge in [-0.2, -0.15) is 0 Å². The SMILES string of the molecule is CCC1=CS(=O)(=O)C=C1. The number of rotatable bonds is 1. The van der Waals surface area contributed by atoms with E-state index in [-0.39, 0.29) is 0 Å². The van der Waals surface area contributed by atoms with E-state index in [0.717, 1.165) is 12.0 Å². The lowest BCUT2D eigenvalue weighted by atomic mass is 10.2. The molecule has 0 saturated heterocycles. The van der Waals surface area contributed by atoms with Gasteiger partial charge in [0.05, 0.1) is 0 Å². The number of hydrogen-bond acceptors (Lipinski definition) is 2. The lowest BCUT2D eigenvalue weighted by Gasteiger charge is -1.83. The first kappa shape index (κ1) is 6.55. The standard InChI is InChI=1S/C6H8O2S/c1-2-6-3-4-9(7,8)5-6/h3-5H,2H2,1H3. The quantitative estimate of drug-likeness (QED) is 0.554. The van der Waals surface area contributed by atoms with Crippen LogP contribution in [0.3, 0.4) is 0 Å². The Morgan fingerprint density at radius 1 is 1.56 bits per heavy atom. The van der Waals surface area contributed by atoms with Crippen molar-refractivity contribution in [1.29, 1.82) is 0 Å². The molecule has 0 aliphatic carbocycles. The van der Waals surface area contributed by atoms with Crippen molar-refractivity contribution in [1.82, 2.24) is 0 Å². The van der Waals surface area contributed by atoms with Crippen molar-refractivity contribution >= 4 is 9.84 Å². The highest BCUT2D eigenvalue weighted by atomic mass is 32.2. The van der Waals surface area contributed by atoms with E-state index in [1.807, 2.05) is 6.92 Å². The summed E-state index contributed by atoms with van der Waals surface area (Å²) in [7, 11) is -2.95. The van der Waals surface area contributed by atoms with Gasteiger partial charge in [0.1, 0.15) is 0 Å². The zero-order valence-corrected chi connectivity index (χ0v) is 5.98. The molecule has 1 aliphatic heterocycles. The van der Waals surface area contributed by atoms with E-state index in [9.17, 15) is 8.42 Å². The molecule has 0 N–H and O–H groups in total. The number of allylic oxidation sites excluding steroid dienone is 2. The zero-order chi connectivity index (χ0) is 6.91. The maximum Gasteiger partial charge on any atom is 0.193 e. The second-order valence-electron chi connectivity index (χ2n) is 1.94. The molecule has 0 spiro atoms. The fourth-order valence-electron chi connectivity index (χ4n) is 0.673. The van der Waals surface area contributed by atoms with Crippen molar-refractivity contribution in [3.05, 3.63) is 22.5 Å². The molecule has 50 valence electrons. The second kappa shape index (κ2) is 1.99. The van der Waals surface area contributed by atoms with E-state index < -0.39 is 9.84 Å². The average Bonchev–Trinajstić information content (AvgIpc) is 2.10. The smallest absolute Gasteiger partial charge is 0.193 e. The van der Waals surface area contributed by atoms with Crippen molar-refractivity contribution in [3.8, 4) is 0 Å². The lowest BCUT2D eigenvalue weighted by Crippen LogP contribution is -1.82. The summed E-state index contributed by atoms with van der Waals surface area (Å²) in [6, 6.07) is 0. The average molecular weight is 144 g/mol. The molecule has 0 fully saturated rings. The molecule has 3 heteroatoms. The van der Waals surface area contributed by atoms with Crippen LogP contribution in [-0.2, 0) is 9.84 Å². The first-order valence-electron chi connectivity index (χ1n) is 2.78. The van der Waals surface area contributed by atoms with Gasteiger partial charge in [-0.15, -0.1) is 0 Å². The molecular formula is C6H8O2S. The van der Waals surface area contributed by atoms with Gasteiger partial charge in [-0.1, -0.05) is 6.92 Å². The first-order chi connectivity index (χ1) is 4.14. The van der Waals surface area contributed by atoms with E-state index in [2.05, 4.69) is 0 Å². The molecule has 2 nitrogen and oxygen atoms in total. The van der Waals surface area contributed by atoms with Gasteiger partial charge in [-0.25, -0.2) is 8.42 Å². The molecule has 1 rings (SSSR count). The Morgan fingerprint density at radius 3 is 2.44 bits per heavy atom. The van der Waals surface area contributed by atoms with Gasteiger partial charge in [-0.05, 0) is 18.1 Å². The van der Waals surface area contributed by atoms with E-state index in [1.165, 1.54) is 10.8 Å². The fourth-order valence-corrected chi connectivity index (χ4v) is 1.78. The Bertz CT molecular complexity index is 257. The van der Waals surface area contributed by atoms with Gasteiger partial charge in [0.25, 0.3) is 0 Å². The van der Waals surface area contributed by atoms with Crippen LogP contribution in [0.15, 0.2) is 22.5 Å². The topological polar surface area (TPSA) is 34.1 Å². The first-order valence-corrected chi connectivity index (χ1v) is 4.39. The number of hydrogen-bond donors (Lipinski definition) is 0. The van der Waals surface area contributed by atoms with Gasteiger partial charge in [0.15, 0.2) is 9.84 Å². The minimum atomic E-state index is -2.95. The maximum atomic E-state index is 10.6. The summed E-state index contributed by atoms with van der Waals surface area (Å²) in [4.78, 5) is 0. The van der Waals surface area contributed by atoms with E-state index >= 15 is 0 Å². The largest absolute Gasteiger partial charge is 0.220 e. The van der Waals surface area contributed by atoms with Crippen LogP contribution in [0.2, 0.25) is 0 Å². The Hall–Kier alpha value is -0.570. The van der Waals surface area contributed by atoms with Crippen LogP contribution >= 0.6 is 0 Å². The molecule has 0 radical (unpaired) electrons. The molecule has 1 aliphatic rings. The summed E-state index contributed by atoms with van der Waals surface area (Å²) in [5.74, 6) is 0. The molecule has 0 atom stereocenters. The van der Waals surface area contributed by atoms with Crippen molar-refractivity contribution in [3.63, 3.8) is 0 Å². The molecule has 9 heavy (non-hydrogen) atoms. The second-order valence-corrected chi connectivity index (χ2v) is 3.62. The predicted molar refractivity (Wildman–Crippen MR) is 36.4 cm³/mol. The minimum Gasteiger partial charge on any atom is -0.220 e. The predicted octanol–water partition coefficient (Wildman–Crippen LogP) is 1.22. The van der Waals surface area contributed by atoms with Crippen LogP contribution < -0.4 is 0 Å². The van der Waals surface area contributed by atoms with Crippen molar-refractivity contribution in [2.24, 2.45) is 0 Å². The third kappa shape index (κ3) is 1.42. The highest BCUT2D eigenvalue weighted by Gasteiger charge is 2.08. The molecule has 1 heterocycles. The van der Waals surface area contributed by atoms with Crippen LogP contribution in [-0.4, -0.2) is 8.42 Å². The third-order valence-electron chi connectivity index (χ3n) is 1.20. The monoisotopic (exact) mass is 144 g/mol. The summed E-state index contributed by atoms with van der Waals surface area (Å²) in [5, 5.41) is 2.53. The normalized spacial score (nSPS) is 22.1. The molecule has 0 aromatic carbocycles. The van der Waals surface area contributed by atoms with Crippen LogP contribution in [0, 0.1) is 0 Å². The van der Waals surface area contributed by atoms with E-state index in [4.69, 9.17) is 0 Å². The van der Waals surface area contributed by atoms with Gasteiger partial charge in [-0.3, -0.25) is 0 Å². The van der Waals surface area contributed by atoms with Gasteiger partial charge >= 0.3 is 0 Å². The summed E-state index contributed by atoms with van der Waals surface area (Å²) >= 11 is 0.